The highest BCUT2D eigenvalue weighted by Crippen LogP contribution is 2.41. The molecule has 1 fully saturated rings. The summed E-state index contributed by atoms with van der Waals surface area (Å²) in [5, 5.41) is 0. The highest BCUT2D eigenvalue weighted by atomic mass is 16.5. The van der Waals surface area contributed by atoms with Gasteiger partial charge in [-0.1, -0.05) is 26.2 Å². The maximum atomic E-state index is 6.74. The van der Waals surface area contributed by atoms with E-state index >= 15 is 0 Å². The first-order valence-electron chi connectivity index (χ1n) is 7.47. The van der Waals surface area contributed by atoms with E-state index in [0.29, 0.717) is 5.92 Å². The quantitative estimate of drug-likeness (QED) is 0.901. The molecule has 19 heavy (non-hydrogen) atoms. The van der Waals surface area contributed by atoms with Crippen LogP contribution < -0.4 is 10.5 Å². The third-order valence-electron chi connectivity index (χ3n) is 4.24. The van der Waals surface area contributed by atoms with Crippen molar-refractivity contribution in [2.75, 3.05) is 0 Å². The van der Waals surface area contributed by atoms with E-state index in [4.69, 9.17) is 10.5 Å². The molecule has 0 aromatic carbocycles. The number of nitrogens with two attached hydrogens (primary N) is 1. The Bertz CT molecular complexity index is 419. The first kappa shape index (κ1) is 14.3. The Kier molecular flexibility index (Phi) is 4.46. The van der Waals surface area contributed by atoms with Crippen molar-refractivity contribution in [3.63, 3.8) is 0 Å². The summed E-state index contributed by atoms with van der Waals surface area (Å²) in [7, 11) is 0. The predicted molar refractivity (Wildman–Crippen MR) is 78.1 cm³/mol. The van der Waals surface area contributed by atoms with Gasteiger partial charge in [0, 0.05) is 11.7 Å². The van der Waals surface area contributed by atoms with E-state index < -0.39 is 0 Å². The highest BCUT2D eigenvalue weighted by molar-refractivity contribution is 5.30. The number of ether oxygens (including phenoxy) is 1. The van der Waals surface area contributed by atoms with Crippen LogP contribution >= 0.6 is 0 Å². The Morgan fingerprint density at radius 2 is 2.21 bits per heavy atom. The van der Waals surface area contributed by atoms with Gasteiger partial charge >= 0.3 is 0 Å². The van der Waals surface area contributed by atoms with Gasteiger partial charge in [-0.3, -0.25) is 4.98 Å². The average Bonchev–Trinajstić information content (AvgIpc) is 2.39. The Labute approximate surface area is 116 Å². The molecule has 0 saturated heterocycles. The van der Waals surface area contributed by atoms with Gasteiger partial charge in [0.15, 0.2) is 0 Å². The summed E-state index contributed by atoms with van der Waals surface area (Å²) in [4.78, 5) is 4.32. The smallest absolute Gasteiger partial charge is 0.138 e. The second kappa shape index (κ2) is 5.91. The van der Waals surface area contributed by atoms with Gasteiger partial charge in [0.1, 0.15) is 5.75 Å². The van der Waals surface area contributed by atoms with Crippen molar-refractivity contribution in [2.24, 2.45) is 11.7 Å². The number of rotatable bonds is 4. The molecular formula is C16H26N2O. The Balaban J connectivity index is 2.28. The van der Waals surface area contributed by atoms with Crippen molar-refractivity contribution in [1.29, 1.82) is 0 Å². The fraction of sp³-hybridized carbons (Fsp3) is 0.688. The molecule has 2 N–H and O–H groups in total. The third-order valence-corrected chi connectivity index (χ3v) is 4.24. The number of aromatic nitrogens is 1. The van der Waals surface area contributed by atoms with Crippen LogP contribution in [0.25, 0.3) is 0 Å². The molecule has 1 aliphatic carbocycles. The van der Waals surface area contributed by atoms with Crippen LogP contribution in [0.2, 0.25) is 0 Å². The molecule has 0 aliphatic heterocycles. The third kappa shape index (κ3) is 3.08. The predicted octanol–water partition coefficient (Wildman–Crippen LogP) is 3.62. The number of hydrogen-bond donors (Lipinski definition) is 1. The lowest BCUT2D eigenvalue weighted by Gasteiger charge is -2.41. The Morgan fingerprint density at radius 1 is 1.42 bits per heavy atom. The lowest BCUT2D eigenvalue weighted by molar-refractivity contribution is 0.182. The topological polar surface area (TPSA) is 48.1 Å². The summed E-state index contributed by atoms with van der Waals surface area (Å²) in [6.45, 7) is 6.29. The number of pyridine rings is 1. The molecule has 0 radical (unpaired) electrons. The largest absolute Gasteiger partial charge is 0.489 e. The summed E-state index contributed by atoms with van der Waals surface area (Å²) >= 11 is 0. The minimum absolute atomic E-state index is 0.166. The van der Waals surface area contributed by atoms with Gasteiger partial charge in [-0.15, -0.1) is 0 Å². The van der Waals surface area contributed by atoms with Crippen LogP contribution in [0, 0.1) is 5.92 Å². The molecule has 0 spiro atoms. The fourth-order valence-corrected chi connectivity index (χ4v) is 3.23. The fourth-order valence-electron chi connectivity index (χ4n) is 3.23. The molecule has 1 aromatic rings. The molecule has 1 heterocycles. The van der Waals surface area contributed by atoms with E-state index in [0.717, 1.165) is 24.2 Å². The van der Waals surface area contributed by atoms with E-state index in [2.05, 4.69) is 18.0 Å². The van der Waals surface area contributed by atoms with Crippen LogP contribution in [0.15, 0.2) is 18.5 Å². The summed E-state index contributed by atoms with van der Waals surface area (Å²) in [5.41, 5.74) is 7.65. The minimum Gasteiger partial charge on any atom is -0.489 e. The standard InChI is InChI=1S/C16H26N2O/c1-4-13-7-5-6-8-16(13,17)14-9-15(11-18-10-14)19-12(2)3/h9-13H,4-8,17H2,1-3H3. The monoisotopic (exact) mass is 262 g/mol. The maximum Gasteiger partial charge on any atom is 0.138 e. The second-order valence-electron chi connectivity index (χ2n) is 5.97. The molecule has 1 saturated carbocycles. The first-order chi connectivity index (χ1) is 9.06. The molecule has 2 atom stereocenters. The van der Waals surface area contributed by atoms with Gasteiger partial charge in [0.05, 0.1) is 12.3 Å². The van der Waals surface area contributed by atoms with Gasteiger partial charge in [-0.2, -0.15) is 0 Å². The lowest BCUT2D eigenvalue weighted by Crippen LogP contribution is -2.46. The van der Waals surface area contributed by atoms with Gasteiger partial charge in [0.2, 0.25) is 0 Å². The van der Waals surface area contributed by atoms with E-state index in [1.807, 2.05) is 20.0 Å². The van der Waals surface area contributed by atoms with Crippen molar-refractivity contribution in [3.8, 4) is 5.75 Å². The van der Waals surface area contributed by atoms with Crippen molar-refractivity contribution >= 4 is 0 Å². The van der Waals surface area contributed by atoms with Gasteiger partial charge in [0.25, 0.3) is 0 Å². The molecule has 2 unspecified atom stereocenters. The van der Waals surface area contributed by atoms with Crippen LogP contribution in [-0.2, 0) is 5.54 Å². The molecule has 3 nitrogen and oxygen atoms in total. The van der Waals surface area contributed by atoms with E-state index in [9.17, 15) is 0 Å². The molecule has 3 heteroatoms. The number of nitrogens with zero attached hydrogens (tertiary/aromatic N) is 1. The Morgan fingerprint density at radius 3 is 2.89 bits per heavy atom. The van der Waals surface area contributed by atoms with Crippen LogP contribution in [0.3, 0.4) is 0 Å². The van der Waals surface area contributed by atoms with E-state index in [1.54, 1.807) is 6.20 Å². The van der Waals surface area contributed by atoms with Crippen molar-refractivity contribution < 1.29 is 4.74 Å². The van der Waals surface area contributed by atoms with Crippen LogP contribution in [0.1, 0.15) is 58.4 Å². The SMILES string of the molecule is CCC1CCCCC1(N)c1cncc(OC(C)C)c1. The zero-order chi connectivity index (χ0) is 13.9. The molecule has 1 aliphatic rings. The van der Waals surface area contributed by atoms with Crippen LogP contribution in [0.5, 0.6) is 5.75 Å². The summed E-state index contributed by atoms with van der Waals surface area (Å²) in [6.07, 6.45) is 9.78. The molecule has 1 aromatic heterocycles. The lowest BCUT2D eigenvalue weighted by atomic mass is 9.69. The molecule has 2 rings (SSSR count). The molecule has 0 bridgehead atoms. The zero-order valence-corrected chi connectivity index (χ0v) is 12.4. The van der Waals surface area contributed by atoms with Crippen molar-refractivity contribution in [3.05, 3.63) is 24.0 Å². The Hall–Kier alpha value is -1.09. The van der Waals surface area contributed by atoms with E-state index in [-0.39, 0.29) is 11.6 Å². The van der Waals surface area contributed by atoms with Gasteiger partial charge in [-0.05, 0) is 44.2 Å². The van der Waals surface area contributed by atoms with Crippen LogP contribution in [0.4, 0.5) is 0 Å². The molecular weight excluding hydrogens is 236 g/mol. The summed E-state index contributed by atoms with van der Waals surface area (Å²) in [6, 6.07) is 2.08. The van der Waals surface area contributed by atoms with Gasteiger partial charge in [-0.25, -0.2) is 0 Å². The number of hydrogen-bond acceptors (Lipinski definition) is 3. The summed E-state index contributed by atoms with van der Waals surface area (Å²) < 4.78 is 5.74. The van der Waals surface area contributed by atoms with Gasteiger partial charge < -0.3 is 10.5 Å². The minimum atomic E-state index is -0.226. The van der Waals surface area contributed by atoms with Crippen LogP contribution in [-0.4, -0.2) is 11.1 Å². The summed E-state index contributed by atoms with van der Waals surface area (Å²) in [5.74, 6) is 1.38. The van der Waals surface area contributed by atoms with E-state index in [1.165, 1.54) is 19.3 Å². The zero-order valence-electron chi connectivity index (χ0n) is 12.4. The normalized spacial score (nSPS) is 27.5. The maximum absolute atomic E-state index is 6.74. The molecule has 0 amide bonds. The molecule has 106 valence electrons. The van der Waals surface area contributed by atoms with Crippen molar-refractivity contribution in [2.45, 2.75) is 64.5 Å². The highest BCUT2D eigenvalue weighted by Gasteiger charge is 2.38. The second-order valence-corrected chi connectivity index (χ2v) is 5.97. The van der Waals surface area contributed by atoms with Crippen molar-refractivity contribution in [1.82, 2.24) is 4.98 Å². The first-order valence-corrected chi connectivity index (χ1v) is 7.47. The average molecular weight is 262 g/mol.